The fraction of sp³-hybridized carbons (Fsp3) is 0.462. The molecule has 1 aliphatic rings. The summed E-state index contributed by atoms with van der Waals surface area (Å²) < 4.78 is 1.04. The van der Waals surface area contributed by atoms with Gasteiger partial charge in [0.1, 0.15) is 0 Å². The van der Waals surface area contributed by atoms with Crippen LogP contribution in [0.2, 0.25) is 0 Å². The second-order valence-electron chi connectivity index (χ2n) is 4.30. The summed E-state index contributed by atoms with van der Waals surface area (Å²) in [7, 11) is 0. The Balaban J connectivity index is 1.80. The van der Waals surface area contributed by atoms with Crippen molar-refractivity contribution in [3.63, 3.8) is 0 Å². The van der Waals surface area contributed by atoms with E-state index in [2.05, 4.69) is 38.3 Å². The summed E-state index contributed by atoms with van der Waals surface area (Å²) in [6.07, 6.45) is 6.70. The molecule has 0 bridgehead atoms. The summed E-state index contributed by atoms with van der Waals surface area (Å²) >= 11 is 3.07. The average Bonchev–Trinajstić information content (AvgIpc) is 2.31. The number of para-hydroxylation sites is 1. The number of hydrogen-bond donors (Lipinski definition) is 2. The van der Waals surface area contributed by atoms with E-state index in [0.29, 0.717) is 6.04 Å². The van der Waals surface area contributed by atoms with Crippen LogP contribution in [0.25, 0.3) is 0 Å². The SMILES string of the molecule is [Se]=C(Nc1ccccc1)NC1CCCCC1. The standard InChI is InChI=1S/C13H18N2Se/c16-13(14-11-7-3-1-4-8-11)15-12-9-5-2-6-10-12/h1,3-4,7-8,12H,2,5-6,9-10H2,(H2,14,15,16). The summed E-state index contributed by atoms with van der Waals surface area (Å²) in [5.74, 6) is 0. The van der Waals surface area contributed by atoms with E-state index < -0.39 is 0 Å². The van der Waals surface area contributed by atoms with Gasteiger partial charge in [0.15, 0.2) is 0 Å². The summed E-state index contributed by atoms with van der Waals surface area (Å²) in [6.45, 7) is 0. The Hall–Kier alpha value is -0.791. The van der Waals surface area contributed by atoms with Gasteiger partial charge in [-0.15, -0.1) is 0 Å². The first-order valence-corrected chi connectivity index (χ1v) is 6.83. The monoisotopic (exact) mass is 282 g/mol. The molecular formula is C13H18N2Se. The van der Waals surface area contributed by atoms with Crippen LogP contribution in [0.15, 0.2) is 30.3 Å². The van der Waals surface area contributed by atoms with E-state index in [-0.39, 0.29) is 0 Å². The summed E-state index contributed by atoms with van der Waals surface area (Å²) in [5, 5.41) is 6.86. The molecule has 86 valence electrons. The quantitative estimate of drug-likeness (QED) is 0.827. The zero-order valence-corrected chi connectivity index (χ0v) is 11.1. The van der Waals surface area contributed by atoms with Crippen LogP contribution in [0.5, 0.6) is 0 Å². The Kier molecular flexibility index (Phi) is 4.43. The van der Waals surface area contributed by atoms with Gasteiger partial charge >= 0.3 is 105 Å². The van der Waals surface area contributed by atoms with Gasteiger partial charge in [-0.1, -0.05) is 0 Å². The van der Waals surface area contributed by atoms with Crippen molar-refractivity contribution in [3.8, 4) is 0 Å². The molecule has 0 radical (unpaired) electrons. The van der Waals surface area contributed by atoms with Crippen LogP contribution in [0.1, 0.15) is 32.1 Å². The molecule has 0 aromatic heterocycles. The van der Waals surface area contributed by atoms with Gasteiger partial charge < -0.3 is 0 Å². The van der Waals surface area contributed by atoms with E-state index in [4.69, 9.17) is 0 Å². The molecule has 1 aromatic rings. The fourth-order valence-electron chi connectivity index (χ4n) is 2.12. The molecule has 0 saturated heterocycles. The van der Waals surface area contributed by atoms with Crippen LogP contribution in [-0.4, -0.2) is 26.3 Å². The number of rotatable bonds is 4. The molecule has 1 aromatic carbocycles. The van der Waals surface area contributed by atoms with Crippen LogP contribution >= 0.6 is 0 Å². The van der Waals surface area contributed by atoms with Crippen LogP contribution < -0.4 is 10.6 Å². The van der Waals surface area contributed by atoms with E-state index in [9.17, 15) is 0 Å². The maximum atomic E-state index is 3.52. The van der Waals surface area contributed by atoms with E-state index in [0.717, 1.165) is 10.4 Å². The normalized spacial score (nSPS) is 16.8. The molecule has 1 fully saturated rings. The topological polar surface area (TPSA) is 24.1 Å². The predicted molar refractivity (Wildman–Crippen MR) is 70.8 cm³/mol. The summed E-state index contributed by atoms with van der Waals surface area (Å²) in [5.41, 5.74) is 1.12. The van der Waals surface area contributed by atoms with Crippen LogP contribution in [-0.2, 0) is 0 Å². The third kappa shape index (κ3) is 3.66. The zero-order chi connectivity index (χ0) is 11.2. The van der Waals surface area contributed by atoms with Crippen molar-refractivity contribution in [1.82, 2.24) is 5.32 Å². The number of anilines is 1. The third-order valence-electron chi connectivity index (χ3n) is 2.97. The molecule has 16 heavy (non-hydrogen) atoms. The van der Waals surface area contributed by atoms with Crippen molar-refractivity contribution < 1.29 is 0 Å². The molecule has 2 rings (SSSR count). The first-order valence-electron chi connectivity index (χ1n) is 5.97. The molecule has 0 unspecified atom stereocenters. The molecule has 0 amide bonds. The molecule has 2 nitrogen and oxygen atoms in total. The van der Waals surface area contributed by atoms with Crippen LogP contribution in [0.4, 0.5) is 5.69 Å². The van der Waals surface area contributed by atoms with Gasteiger partial charge in [0, 0.05) is 0 Å². The number of benzene rings is 1. The molecule has 1 aliphatic carbocycles. The summed E-state index contributed by atoms with van der Waals surface area (Å²) in [4.78, 5) is 0. The van der Waals surface area contributed by atoms with Gasteiger partial charge in [0.05, 0.1) is 0 Å². The Labute approximate surface area is 105 Å². The van der Waals surface area contributed by atoms with Crippen molar-refractivity contribution in [1.29, 1.82) is 0 Å². The second-order valence-corrected chi connectivity index (χ2v) is 5.16. The van der Waals surface area contributed by atoms with Crippen molar-refractivity contribution in [2.24, 2.45) is 0 Å². The van der Waals surface area contributed by atoms with E-state index in [1.807, 2.05) is 18.2 Å². The Morgan fingerprint density at radius 1 is 1.06 bits per heavy atom. The predicted octanol–water partition coefficient (Wildman–Crippen LogP) is 2.28. The molecular weight excluding hydrogens is 263 g/mol. The molecule has 0 heterocycles. The number of nitrogens with one attached hydrogen (secondary N) is 2. The van der Waals surface area contributed by atoms with Crippen molar-refractivity contribution in [2.75, 3.05) is 5.32 Å². The Morgan fingerprint density at radius 3 is 2.44 bits per heavy atom. The maximum absolute atomic E-state index is 3.52. The Morgan fingerprint density at radius 2 is 1.75 bits per heavy atom. The van der Waals surface area contributed by atoms with Gasteiger partial charge in [-0.05, 0) is 0 Å². The number of hydrogen-bond acceptors (Lipinski definition) is 2. The third-order valence-corrected chi connectivity index (χ3v) is 3.43. The van der Waals surface area contributed by atoms with Gasteiger partial charge in [0.25, 0.3) is 0 Å². The van der Waals surface area contributed by atoms with Crippen LogP contribution in [0, 0.1) is 0 Å². The minimum atomic E-state index is 0.640. The van der Waals surface area contributed by atoms with Gasteiger partial charge in [-0.3, -0.25) is 0 Å². The second kappa shape index (κ2) is 6.07. The van der Waals surface area contributed by atoms with Crippen molar-refractivity contribution >= 4 is 25.9 Å². The van der Waals surface area contributed by atoms with Crippen LogP contribution in [0.3, 0.4) is 0 Å². The summed E-state index contributed by atoms with van der Waals surface area (Å²) in [6, 6.07) is 10.9. The van der Waals surface area contributed by atoms with Crippen molar-refractivity contribution in [2.45, 2.75) is 38.1 Å². The molecule has 2 N–H and O–H groups in total. The first kappa shape index (κ1) is 11.7. The molecule has 0 aliphatic heterocycles. The molecule has 3 heteroatoms. The van der Waals surface area contributed by atoms with Gasteiger partial charge in [0.2, 0.25) is 0 Å². The zero-order valence-electron chi connectivity index (χ0n) is 9.41. The first-order chi connectivity index (χ1) is 7.84. The van der Waals surface area contributed by atoms with E-state index in [1.165, 1.54) is 32.1 Å². The molecule has 0 atom stereocenters. The van der Waals surface area contributed by atoms with Crippen molar-refractivity contribution in [3.05, 3.63) is 30.3 Å². The van der Waals surface area contributed by atoms with E-state index in [1.54, 1.807) is 0 Å². The van der Waals surface area contributed by atoms with E-state index >= 15 is 0 Å². The molecule has 1 saturated carbocycles. The molecule has 0 spiro atoms. The fourth-order valence-corrected chi connectivity index (χ4v) is 2.72. The Bertz CT molecular complexity index is 331. The van der Waals surface area contributed by atoms with Gasteiger partial charge in [-0.2, -0.15) is 0 Å². The van der Waals surface area contributed by atoms with Gasteiger partial charge in [-0.25, -0.2) is 0 Å². The average molecular weight is 281 g/mol. The minimum absolute atomic E-state index is 0.640.